The van der Waals surface area contributed by atoms with Crippen LogP contribution in [0.4, 0.5) is 17.1 Å². The predicted molar refractivity (Wildman–Crippen MR) is 118 cm³/mol. The lowest BCUT2D eigenvalue weighted by molar-refractivity contribution is -0.383. The number of nitrogens with one attached hydrogen (secondary N) is 1. The van der Waals surface area contributed by atoms with Gasteiger partial charge in [0.25, 0.3) is 5.69 Å². The molecule has 1 fully saturated rings. The molecule has 1 aliphatic heterocycles. The Balaban J connectivity index is 1.69. The number of aliphatic imine (C=N–C) groups is 1. The van der Waals surface area contributed by atoms with E-state index in [-0.39, 0.29) is 23.7 Å². The number of anilines is 1. The summed E-state index contributed by atoms with van der Waals surface area (Å²) in [6.07, 6.45) is -0.106. The van der Waals surface area contributed by atoms with E-state index in [1.54, 1.807) is 13.1 Å². The minimum atomic E-state index is -0.633. The minimum Gasteiger partial charge on any atom is -0.320 e. The topological polar surface area (TPSA) is 105 Å². The Morgan fingerprint density at radius 2 is 1.90 bits per heavy atom. The van der Waals surface area contributed by atoms with Crippen LogP contribution in [0, 0.1) is 10.1 Å². The number of amidine groups is 1. The SMILES string of the molecule is CC(C)c1ccc(N=C2S[C@@H](CC(=O)Nc3ccccc3[N+](=O)[O-])C(=O)N2C)cc1. The predicted octanol–water partition coefficient (Wildman–Crippen LogP) is 4.31. The van der Waals surface area contributed by atoms with Crippen molar-refractivity contribution in [2.24, 2.45) is 4.99 Å². The highest BCUT2D eigenvalue weighted by Gasteiger charge is 2.37. The summed E-state index contributed by atoms with van der Waals surface area (Å²) in [6.45, 7) is 4.22. The molecule has 0 saturated carbocycles. The molecule has 0 aliphatic carbocycles. The molecule has 156 valence electrons. The first kappa shape index (κ1) is 21.5. The van der Waals surface area contributed by atoms with E-state index in [4.69, 9.17) is 0 Å². The first-order chi connectivity index (χ1) is 14.3. The van der Waals surface area contributed by atoms with Gasteiger partial charge in [-0.25, -0.2) is 4.99 Å². The molecular weight excluding hydrogens is 404 g/mol. The van der Waals surface area contributed by atoms with Crippen LogP contribution >= 0.6 is 11.8 Å². The number of amides is 2. The van der Waals surface area contributed by atoms with Gasteiger partial charge in [-0.05, 0) is 29.7 Å². The van der Waals surface area contributed by atoms with E-state index in [2.05, 4.69) is 24.2 Å². The molecule has 1 atom stereocenters. The molecule has 2 aromatic carbocycles. The van der Waals surface area contributed by atoms with Crippen LogP contribution in [0.15, 0.2) is 53.5 Å². The molecule has 1 saturated heterocycles. The maximum absolute atomic E-state index is 12.5. The highest BCUT2D eigenvalue weighted by atomic mass is 32.2. The van der Waals surface area contributed by atoms with Crippen molar-refractivity contribution < 1.29 is 14.5 Å². The molecule has 30 heavy (non-hydrogen) atoms. The zero-order valence-corrected chi connectivity index (χ0v) is 17.7. The Morgan fingerprint density at radius 3 is 2.53 bits per heavy atom. The van der Waals surface area contributed by atoms with Crippen molar-refractivity contribution in [2.45, 2.75) is 31.4 Å². The van der Waals surface area contributed by atoms with Gasteiger partial charge in [-0.2, -0.15) is 0 Å². The number of carbonyl (C=O) groups excluding carboxylic acids is 2. The van der Waals surface area contributed by atoms with Gasteiger partial charge in [-0.1, -0.05) is 49.9 Å². The van der Waals surface area contributed by atoms with Gasteiger partial charge in [0, 0.05) is 19.5 Å². The standard InChI is InChI=1S/C21H22N4O4S/c1-13(2)14-8-10-15(11-9-14)22-21-24(3)20(27)18(30-21)12-19(26)23-16-6-4-5-7-17(16)25(28)29/h4-11,13,18H,12H2,1-3H3,(H,23,26)/t18-/m0/s1. The molecule has 2 amide bonds. The van der Waals surface area contributed by atoms with Crippen molar-refractivity contribution in [2.75, 3.05) is 12.4 Å². The van der Waals surface area contributed by atoms with Crippen LogP contribution in [0.25, 0.3) is 0 Å². The average molecular weight is 426 g/mol. The van der Waals surface area contributed by atoms with Crippen LogP contribution in [0.3, 0.4) is 0 Å². The van der Waals surface area contributed by atoms with Crippen LogP contribution < -0.4 is 5.32 Å². The second kappa shape index (κ2) is 9.08. The summed E-state index contributed by atoms with van der Waals surface area (Å²) in [5.41, 5.74) is 1.84. The molecule has 0 unspecified atom stereocenters. The van der Waals surface area contributed by atoms with Crippen molar-refractivity contribution in [3.8, 4) is 0 Å². The summed E-state index contributed by atoms with van der Waals surface area (Å²) in [5.74, 6) is -0.276. The maximum atomic E-state index is 12.5. The van der Waals surface area contributed by atoms with Crippen LogP contribution in [0.2, 0.25) is 0 Å². The Bertz CT molecular complexity index is 1000. The molecule has 3 rings (SSSR count). The van der Waals surface area contributed by atoms with E-state index in [1.807, 2.05) is 24.3 Å². The number of nitrogens with zero attached hydrogens (tertiary/aromatic N) is 3. The fraction of sp³-hybridized carbons (Fsp3) is 0.286. The van der Waals surface area contributed by atoms with Gasteiger partial charge in [0.05, 0.1) is 10.6 Å². The third-order valence-corrected chi connectivity index (χ3v) is 5.90. The summed E-state index contributed by atoms with van der Waals surface area (Å²) in [5, 5.41) is 13.5. The Morgan fingerprint density at radius 1 is 1.23 bits per heavy atom. The quantitative estimate of drug-likeness (QED) is 0.547. The van der Waals surface area contributed by atoms with E-state index >= 15 is 0 Å². The van der Waals surface area contributed by atoms with Gasteiger partial charge >= 0.3 is 0 Å². The molecule has 0 spiro atoms. The monoisotopic (exact) mass is 426 g/mol. The van der Waals surface area contributed by atoms with E-state index in [1.165, 1.54) is 40.4 Å². The summed E-state index contributed by atoms with van der Waals surface area (Å²) in [6, 6.07) is 13.7. The molecule has 1 N–H and O–H groups in total. The van der Waals surface area contributed by atoms with Crippen LogP contribution in [-0.2, 0) is 9.59 Å². The fourth-order valence-corrected chi connectivity index (χ4v) is 4.10. The van der Waals surface area contributed by atoms with Crippen LogP contribution in [-0.4, -0.2) is 39.1 Å². The number of thioether (sulfide) groups is 1. The van der Waals surface area contributed by atoms with E-state index in [0.717, 1.165) is 5.69 Å². The third-order valence-electron chi connectivity index (χ3n) is 4.67. The first-order valence-corrected chi connectivity index (χ1v) is 10.3. The first-order valence-electron chi connectivity index (χ1n) is 9.42. The number of hydrogen-bond acceptors (Lipinski definition) is 6. The lowest BCUT2D eigenvalue weighted by atomic mass is 10.0. The Labute approximate surface area is 178 Å². The van der Waals surface area contributed by atoms with E-state index < -0.39 is 16.1 Å². The molecule has 8 nitrogen and oxygen atoms in total. The number of carbonyl (C=O) groups is 2. The lowest BCUT2D eigenvalue weighted by Crippen LogP contribution is -2.30. The molecule has 9 heteroatoms. The Hall–Kier alpha value is -3.20. The molecule has 1 heterocycles. The minimum absolute atomic E-state index is 0.106. The van der Waals surface area contributed by atoms with Gasteiger partial charge in [-0.3, -0.25) is 24.6 Å². The molecule has 0 bridgehead atoms. The van der Waals surface area contributed by atoms with Gasteiger partial charge in [-0.15, -0.1) is 0 Å². The second-order valence-electron chi connectivity index (χ2n) is 7.17. The second-order valence-corrected chi connectivity index (χ2v) is 8.34. The highest BCUT2D eigenvalue weighted by Crippen LogP contribution is 2.32. The zero-order valence-electron chi connectivity index (χ0n) is 16.9. The summed E-state index contributed by atoms with van der Waals surface area (Å²) < 4.78 is 0. The van der Waals surface area contributed by atoms with Crippen molar-refractivity contribution >= 4 is 45.8 Å². The number of rotatable bonds is 6. The van der Waals surface area contributed by atoms with Gasteiger partial charge < -0.3 is 5.32 Å². The molecular formula is C21H22N4O4S. The lowest BCUT2D eigenvalue weighted by Gasteiger charge is -2.10. The van der Waals surface area contributed by atoms with E-state index in [9.17, 15) is 19.7 Å². The van der Waals surface area contributed by atoms with Gasteiger partial charge in [0.2, 0.25) is 11.8 Å². The van der Waals surface area contributed by atoms with Gasteiger partial charge in [0.1, 0.15) is 10.9 Å². The largest absolute Gasteiger partial charge is 0.320 e. The van der Waals surface area contributed by atoms with Crippen molar-refractivity contribution in [1.82, 2.24) is 4.90 Å². The van der Waals surface area contributed by atoms with Crippen molar-refractivity contribution in [1.29, 1.82) is 0 Å². The third kappa shape index (κ3) is 4.85. The van der Waals surface area contributed by atoms with E-state index in [0.29, 0.717) is 11.1 Å². The number of nitro benzene ring substituents is 1. The number of hydrogen-bond donors (Lipinski definition) is 1. The zero-order chi connectivity index (χ0) is 21.8. The Kier molecular flexibility index (Phi) is 6.51. The van der Waals surface area contributed by atoms with Crippen LogP contribution in [0.5, 0.6) is 0 Å². The molecule has 2 aromatic rings. The summed E-state index contributed by atoms with van der Waals surface area (Å²) in [7, 11) is 1.62. The fourth-order valence-electron chi connectivity index (χ4n) is 2.95. The number of nitro groups is 1. The molecule has 0 radical (unpaired) electrons. The van der Waals surface area contributed by atoms with Crippen molar-refractivity contribution in [3.05, 3.63) is 64.2 Å². The number of benzene rings is 2. The number of para-hydroxylation sites is 2. The van der Waals surface area contributed by atoms with Gasteiger partial charge in [0.15, 0.2) is 5.17 Å². The molecule has 1 aliphatic rings. The highest BCUT2D eigenvalue weighted by molar-refractivity contribution is 8.15. The van der Waals surface area contributed by atoms with Crippen LogP contribution in [0.1, 0.15) is 31.7 Å². The normalized spacial score (nSPS) is 17.6. The average Bonchev–Trinajstić information content (AvgIpc) is 2.96. The van der Waals surface area contributed by atoms with Crippen molar-refractivity contribution in [3.63, 3.8) is 0 Å². The summed E-state index contributed by atoms with van der Waals surface area (Å²) >= 11 is 1.21. The summed E-state index contributed by atoms with van der Waals surface area (Å²) in [4.78, 5) is 41.4. The molecule has 0 aromatic heterocycles. The smallest absolute Gasteiger partial charge is 0.292 e. The maximum Gasteiger partial charge on any atom is 0.292 e.